The molecule has 0 aliphatic carbocycles. The van der Waals surface area contributed by atoms with Crippen LogP contribution in [0.2, 0.25) is 0 Å². The molecule has 0 amide bonds. The molecule has 7 heteroatoms. The summed E-state index contributed by atoms with van der Waals surface area (Å²) >= 11 is 0. The van der Waals surface area contributed by atoms with Crippen LogP contribution in [0.1, 0.15) is 53.2 Å². The highest BCUT2D eigenvalue weighted by atomic mass is 19.4. The first-order chi connectivity index (χ1) is 16.2. The number of aryl methyl sites for hydroxylation is 1. The normalized spacial score (nSPS) is 11.9. The number of methoxy groups -OCH3 is 1. The summed E-state index contributed by atoms with van der Waals surface area (Å²) in [6, 6.07) is 14.0. The number of esters is 1. The van der Waals surface area contributed by atoms with E-state index in [2.05, 4.69) is 6.92 Å². The number of nitrogens with zero attached hydrogens (tertiary/aromatic N) is 1. The van der Waals surface area contributed by atoms with Crippen molar-refractivity contribution in [3.63, 3.8) is 0 Å². The van der Waals surface area contributed by atoms with E-state index in [1.165, 1.54) is 13.2 Å². The van der Waals surface area contributed by atoms with Crippen LogP contribution in [0.25, 0.3) is 21.8 Å². The maximum absolute atomic E-state index is 13.3. The summed E-state index contributed by atoms with van der Waals surface area (Å²) < 4.78 is 46.7. The van der Waals surface area contributed by atoms with Crippen LogP contribution < -0.4 is 0 Å². The first kappa shape index (κ1) is 23.7. The number of halogens is 3. The van der Waals surface area contributed by atoms with Gasteiger partial charge in [-0.25, -0.2) is 4.79 Å². The number of hydrogen-bond donors (Lipinski definition) is 1. The molecule has 1 N–H and O–H groups in total. The highest BCUT2D eigenvalue weighted by Gasteiger charge is 2.30. The van der Waals surface area contributed by atoms with E-state index in [4.69, 9.17) is 4.74 Å². The predicted octanol–water partition coefficient (Wildman–Crippen LogP) is 7.09. The highest BCUT2D eigenvalue weighted by Crippen LogP contribution is 2.39. The zero-order chi connectivity index (χ0) is 24.5. The maximum atomic E-state index is 13.3. The molecule has 1 aromatic heterocycles. The smallest absolute Gasteiger partial charge is 0.416 e. The lowest BCUT2D eigenvalue weighted by molar-refractivity contribution is -0.137. The van der Waals surface area contributed by atoms with Gasteiger partial charge in [-0.2, -0.15) is 13.2 Å². The standard InChI is InChI=1S/C27H26F3NO3/c1-3-4-5-8-17-14-22-25(23(32)15-17)24-20(26(33)34-2)11-7-12-21(24)31(22)16-18-9-6-10-19(13-18)27(28,29)30/h6-7,9-15,32H,3-5,8,16H2,1-2H3. The molecule has 0 radical (unpaired) electrons. The summed E-state index contributed by atoms with van der Waals surface area (Å²) in [5.74, 6) is -0.511. The molecule has 178 valence electrons. The summed E-state index contributed by atoms with van der Waals surface area (Å²) in [4.78, 5) is 12.5. The van der Waals surface area contributed by atoms with Gasteiger partial charge >= 0.3 is 12.1 Å². The van der Waals surface area contributed by atoms with Crippen LogP contribution in [0.4, 0.5) is 13.2 Å². The molecule has 1 heterocycles. The Morgan fingerprint density at radius 1 is 0.971 bits per heavy atom. The van der Waals surface area contributed by atoms with Crippen molar-refractivity contribution >= 4 is 27.8 Å². The van der Waals surface area contributed by atoms with E-state index in [1.807, 2.05) is 10.6 Å². The van der Waals surface area contributed by atoms with Gasteiger partial charge in [0.25, 0.3) is 0 Å². The van der Waals surface area contributed by atoms with Crippen LogP contribution in [0.15, 0.2) is 54.6 Å². The van der Waals surface area contributed by atoms with Crippen molar-refractivity contribution in [1.82, 2.24) is 4.57 Å². The number of carbonyl (C=O) groups is 1. The molecule has 4 nitrogen and oxygen atoms in total. The summed E-state index contributed by atoms with van der Waals surface area (Å²) in [5, 5.41) is 12.0. The Morgan fingerprint density at radius 3 is 2.44 bits per heavy atom. The van der Waals surface area contributed by atoms with Gasteiger partial charge in [0.05, 0.1) is 34.7 Å². The number of phenolic OH excluding ortho intramolecular Hbond substituents is 1. The van der Waals surface area contributed by atoms with E-state index in [9.17, 15) is 23.1 Å². The molecule has 0 saturated heterocycles. The predicted molar refractivity (Wildman–Crippen MR) is 126 cm³/mol. The van der Waals surface area contributed by atoms with E-state index >= 15 is 0 Å². The second kappa shape index (κ2) is 9.41. The van der Waals surface area contributed by atoms with Crippen molar-refractivity contribution in [2.45, 2.75) is 45.3 Å². The van der Waals surface area contributed by atoms with Gasteiger partial charge in [-0.05, 0) is 60.4 Å². The van der Waals surface area contributed by atoms with E-state index in [0.29, 0.717) is 32.9 Å². The van der Waals surface area contributed by atoms with Crippen molar-refractivity contribution < 1.29 is 27.8 Å². The molecular formula is C27H26F3NO3. The lowest BCUT2D eigenvalue weighted by Crippen LogP contribution is -2.07. The van der Waals surface area contributed by atoms with Crippen LogP contribution in [0.5, 0.6) is 5.75 Å². The molecule has 0 aliphatic rings. The Labute approximate surface area is 195 Å². The average molecular weight is 470 g/mol. The summed E-state index contributed by atoms with van der Waals surface area (Å²) in [5.41, 5.74) is 2.27. The second-order valence-corrected chi connectivity index (χ2v) is 8.44. The van der Waals surface area contributed by atoms with Gasteiger partial charge in [0.2, 0.25) is 0 Å². The van der Waals surface area contributed by atoms with Crippen molar-refractivity contribution in [3.8, 4) is 5.75 Å². The molecule has 0 unspecified atom stereocenters. The van der Waals surface area contributed by atoms with E-state index < -0.39 is 17.7 Å². The molecule has 0 saturated carbocycles. The number of ether oxygens (including phenoxy) is 1. The van der Waals surface area contributed by atoms with Gasteiger partial charge in [-0.3, -0.25) is 0 Å². The van der Waals surface area contributed by atoms with Gasteiger partial charge in [0.1, 0.15) is 5.75 Å². The number of fused-ring (bicyclic) bond motifs is 3. The zero-order valence-corrected chi connectivity index (χ0v) is 19.1. The number of aromatic nitrogens is 1. The molecular weight excluding hydrogens is 443 g/mol. The third-order valence-corrected chi connectivity index (χ3v) is 6.10. The van der Waals surface area contributed by atoms with Crippen molar-refractivity contribution in [1.29, 1.82) is 0 Å². The molecule has 4 rings (SSSR count). The number of carbonyl (C=O) groups excluding carboxylic acids is 1. The fraction of sp³-hybridized carbons (Fsp3) is 0.296. The summed E-state index contributed by atoms with van der Waals surface area (Å²) in [6.07, 6.45) is -0.598. The minimum atomic E-state index is -4.44. The Hall–Kier alpha value is -3.48. The summed E-state index contributed by atoms with van der Waals surface area (Å²) in [7, 11) is 1.29. The Morgan fingerprint density at radius 2 is 1.74 bits per heavy atom. The van der Waals surface area contributed by atoms with Crippen LogP contribution in [-0.2, 0) is 23.9 Å². The van der Waals surface area contributed by atoms with Gasteiger partial charge in [0, 0.05) is 11.9 Å². The topological polar surface area (TPSA) is 51.5 Å². The molecule has 0 fully saturated rings. The number of hydrogen-bond acceptors (Lipinski definition) is 3. The van der Waals surface area contributed by atoms with Gasteiger partial charge in [0.15, 0.2) is 0 Å². The summed E-state index contributed by atoms with van der Waals surface area (Å²) in [6.45, 7) is 2.26. The number of unbranched alkanes of at least 4 members (excludes halogenated alkanes) is 2. The molecule has 3 aromatic carbocycles. The monoisotopic (exact) mass is 469 g/mol. The van der Waals surface area contributed by atoms with Gasteiger partial charge in [-0.1, -0.05) is 38.0 Å². The number of benzene rings is 3. The van der Waals surface area contributed by atoms with E-state index in [1.54, 1.807) is 30.3 Å². The zero-order valence-electron chi connectivity index (χ0n) is 19.1. The fourth-order valence-corrected chi connectivity index (χ4v) is 4.50. The molecule has 0 bridgehead atoms. The molecule has 0 atom stereocenters. The molecule has 0 aliphatic heterocycles. The van der Waals surface area contributed by atoms with Gasteiger partial charge < -0.3 is 14.4 Å². The minimum Gasteiger partial charge on any atom is -0.507 e. The SMILES string of the molecule is CCCCCc1cc(O)c2c3c(C(=O)OC)cccc3n(Cc3cccc(C(F)(F)F)c3)c2c1. The number of rotatable bonds is 7. The van der Waals surface area contributed by atoms with Crippen LogP contribution in [-0.4, -0.2) is 22.8 Å². The van der Waals surface area contributed by atoms with Crippen molar-refractivity contribution in [3.05, 3.63) is 76.9 Å². The third-order valence-electron chi connectivity index (χ3n) is 6.10. The van der Waals surface area contributed by atoms with Crippen LogP contribution in [0.3, 0.4) is 0 Å². The fourth-order valence-electron chi connectivity index (χ4n) is 4.50. The van der Waals surface area contributed by atoms with E-state index in [-0.39, 0.29) is 12.3 Å². The Kier molecular flexibility index (Phi) is 6.55. The number of phenols is 1. The average Bonchev–Trinajstić information content (AvgIpc) is 3.12. The van der Waals surface area contributed by atoms with Gasteiger partial charge in [-0.15, -0.1) is 0 Å². The third kappa shape index (κ3) is 4.47. The molecule has 0 spiro atoms. The maximum Gasteiger partial charge on any atom is 0.416 e. The minimum absolute atomic E-state index is 0.0353. The quantitative estimate of drug-likeness (QED) is 0.232. The Balaban J connectivity index is 1.95. The largest absolute Gasteiger partial charge is 0.507 e. The molecule has 34 heavy (non-hydrogen) atoms. The lowest BCUT2D eigenvalue weighted by atomic mass is 10.0. The number of alkyl halides is 3. The number of aromatic hydroxyl groups is 1. The van der Waals surface area contributed by atoms with Crippen molar-refractivity contribution in [2.24, 2.45) is 0 Å². The van der Waals surface area contributed by atoms with Crippen molar-refractivity contribution in [2.75, 3.05) is 7.11 Å². The Bertz CT molecular complexity index is 1350. The molecule has 4 aromatic rings. The van der Waals surface area contributed by atoms with Crippen LogP contribution in [0, 0.1) is 0 Å². The first-order valence-electron chi connectivity index (χ1n) is 11.3. The highest BCUT2D eigenvalue weighted by molar-refractivity contribution is 6.19. The van der Waals surface area contributed by atoms with E-state index in [0.717, 1.165) is 43.4 Å². The van der Waals surface area contributed by atoms with Crippen LogP contribution >= 0.6 is 0 Å². The second-order valence-electron chi connectivity index (χ2n) is 8.44. The lowest BCUT2D eigenvalue weighted by Gasteiger charge is -2.12. The first-order valence-corrected chi connectivity index (χ1v) is 11.3.